The lowest BCUT2D eigenvalue weighted by molar-refractivity contribution is 0.145. The van der Waals surface area contributed by atoms with Gasteiger partial charge in [-0.15, -0.1) is 0 Å². The first kappa shape index (κ1) is 13.8. The highest BCUT2D eigenvalue weighted by atomic mass is 16.5. The number of pyridine rings is 1. The molecule has 0 amide bonds. The van der Waals surface area contributed by atoms with Gasteiger partial charge in [-0.2, -0.15) is 0 Å². The lowest BCUT2D eigenvalue weighted by atomic mass is 10.1. The highest BCUT2D eigenvalue weighted by Crippen LogP contribution is 2.30. The first-order valence-corrected chi connectivity index (χ1v) is 5.77. The van der Waals surface area contributed by atoms with Crippen molar-refractivity contribution in [2.75, 3.05) is 27.4 Å². The molecule has 0 aromatic carbocycles. The number of rotatable bonds is 6. The van der Waals surface area contributed by atoms with Gasteiger partial charge < -0.3 is 14.2 Å². The number of hydrogen-bond acceptors (Lipinski definition) is 4. The second kappa shape index (κ2) is 6.45. The Balaban J connectivity index is 2.92. The van der Waals surface area contributed by atoms with Crippen molar-refractivity contribution in [3.05, 3.63) is 17.5 Å². The van der Waals surface area contributed by atoms with E-state index in [4.69, 9.17) is 14.2 Å². The zero-order valence-electron chi connectivity index (χ0n) is 11.2. The number of aryl methyl sites for hydroxylation is 1. The van der Waals surface area contributed by atoms with Gasteiger partial charge in [-0.05, 0) is 12.8 Å². The van der Waals surface area contributed by atoms with E-state index in [-0.39, 0.29) is 0 Å². The van der Waals surface area contributed by atoms with Gasteiger partial charge in [0.1, 0.15) is 18.1 Å². The summed E-state index contributed by atoms with van der Waals surface area (Å²) < 4.78 is 15.9. The van der Waals surface area contributed by atoms with E-state index in [1.54, 1.807) is 14.2 Å². The topological polar surface area (TPSA) is 40.6 Å². The maximum absolute atomic E-state index is 5.59. The molecular weight excluding hydrogens is 218 g/mol. The Morgan fingerprint density at radius 1 is 1.18 bits per heavy atom. The second-order valence-corrected chi connectivity index (χ2v) is 4.16. The van der Waals surface area contributed by atoms with Crippen LogP contribution in [0.1, 0.15) is 31.2 Å². The molecule has 1 aromatic rings. The number of aromatic nitrogens is 1. The molecule has 0 unspecified atom stereocenters. The van der Waals surface area contributed by atoms with Crippen LogP contribution in [-0.2, 0) is 4.74 Å². The van der Waals surface area contributed by atoms with Crippen LogP contribution in [0.2, 0.25) is 0 Å². The molecule has 17 heavy (non-hydrogen) atoms. The van der Waals surface area contributed by atoms with Crippen LogP contribution in [0.4, 0.5) is 0 Å². The van der Waals surface area contributed by atoms with Crippen LogP contribution in [-0.4, -0.2) is 32.4 Å². The molecule has 0 saturated heterocycles. The average Bonchev–Trinajstić information content (AvgIpc) is 2.30. The Hall–Kier alpha value is -1.29. The zero-order chi connectivity index (χ0) is 12.8. The van der Waals surface area contributed by atoms with E-state index in [1.807, 2.05) is 13.0 Å². The predicted molar refractivity (Wildman–Crippen MR) is 67.0 cm³/mol. The normalized spacial score (nSPS) is 10.7. The van der Waals surface area contributed by atoms with Gasteiger partial charge in [-0.25, -0.2) is 0 Å². The van der Waals surface area contributed by atoms with Crippen molar-refractivity contribution in [1.29, 1.82) is 0 Å². The van der Waals surface area contributed by atoms with Crippen LogP contribution in [0, 0.1) is 6.92 Å². The Morgan fingerprint density at radius 2 is 1.88 bits per heavy atom. The fourth-order valence-electron chi connectivity index (χ4n) is 1.55. The number of ether oxygens (including phenoxy) is 3. The van der Waals surface area contributed by atoms with Gasteiger partial charge in [-0.1, -0.05) is 13.8 Å². The molecule has 1 aromatic heterocycles. The summed E-state index contributed by atoms with van der Waals surface area (Å²) in [6.07, 6.45) is 0. The highest BCUT2D eigenvalue weighted by molar-refractivity contribution is 5.40. The molecule has 0 N–H and O–H groups in total. The Bertz CT molecular complexity index is 364. The van der Waals surface area contributed by atoms with Crippen LogP contribution in [0.25, 0.3) is 0 Å². The van der Waals surface area contributed by atoms with Gasteiger partial charge in [-0.3, -0.25) is 4.98 Å². The van der Waals surface area contributed by atoms with Gasteiger partial charge in [0.05, 0.1) is 25.1 Å². The molecule has 4 heteroatoms. The molecule has 0 radical (unpaired) electrons. The zero-order valence-corrected chi connectivity index (χ0v) is 11.2. The van der Waals surface area contributed by atoms with E-state index < -0.39 is 0 Å². The minimum atomic E-state index is 0.330. The van der Waals surface area contributed by atoms with E-state index in [0.29, 0.717) is 19.1 Å². The van der Waals surface area contributed by atoms with Gasteiger partial charge in [0.2, 0.25) is 0 Å². The molecule has 1 rings (SSSR count). The Morgan fingerprint density at radius 3 is 2.41 bits per heavy atom. The lowest BCUT2D eigenvalue weighted by Gasteiger charge is -2.15. The molecule has 4 nitrogen and oxygen atoms in total. The molecule has 0 aliphatic heterocycles. The largest absolute Gasteiger partial charge is 0.495 e. The molecule has 0 spiro atoms. The van der Waals surface area contributed by atoms with E-state index in [2.05, 4.69) is 18.8 Å². The summed E-state index contributed by atoms with van der Waals surface area (Å²) >= 11 is 0. The summed E-state index contributed by atoms with van der Waals surface area (Å²) in [7, 11) is 3.30. The van der Waals surface area contributed by atoms with E-state index >= 15 is 0 Å². The maximum Gasteiger partial charge on any atom is 0.144 e. The van der Waals surface area contributed by atoms with Gasteiger partial charge in [0, 0.05) is 13.2 Å². The molecule has 0 aliphatic carbocycles. The van der Waals surface area contributed by atoms with Crippen LogP contribution in [0.5, 0.6) is 11.5 Å². The molecule has 0 aliphatic rings. The monoisotopic (exact) mass is 239 g/mol. The molecular formula is C13H21NO3. The van der Waals surface area contributed by atoms with Crippen molar-refractivity contribution in [2.24, 2.45) is 0 Å². The van der Waals surface area contributed by atoms with Crippen LogP contribution in [0.3, 0.4) is 0 Å². The molecule has 96 valence electrons. The fourth-order valence-corrected chi connectivity index (χ4v) is 1.55. The van der Waals surface area contributed by atoms with Crippen LogP contribution < -0.4 is 9.47 Å². The molecule has 0 bridgehead atoms. The number of methoxy groups -OCH3 is 2. The third-order valence-electron chi connectivity index (χ3n) is 2.47. The van der Waals surface area contributed by atoms with E-state index in [1.165, 1.54) is 0 Å². The third-order valence-corrected chi connectivity index (χ3v) is 2.47. The quantitative estimate of drug-likeness (QED) is 0.715. The van der Waals surface area contributed by atoms with Crippen LogP contribution in [0.15, 0.2) is 6.07 Å². The standard InChI is InChI=1S/C13H21NO3/c1-9(2)13-12(16-5)8-11(10(3)14-13)17-7-6-15-4/h8-9H,6-7H2,1-5H3. The van der Waals surface area contributed by atoms with E-state index in [9.17, 15) is 0 Å². The van der Waals surface area contributed by atoms with Crippen molar-refractivity contribution in [2.45, 2.75) is 26.7 Å². The van der Waals surface area contributed by atoms with Crippen molar-refractivity contribution in [1.82, 2.24) is 4.98 Å². The van der Waals surface area contributed by atoms with Gasteiger partial charge in [0.15, 0.2) is 0 Å². The second-order valence-electron chi connectivity index (χ2n) is 4.16. The third kappa shape index (κ3) is 3.60. The summed E-state index contributed by atoms with van der Waals surface area (Å²) in [6.45, 7) is 7.20. The summed E-state index contributed by atoms with van der Waals surface area (Å²) in [6, 6.07) is 1.90. The van der Waals surface area contributed by atoms with Gasteiger partial charge in [0.25, 0.3) is 0 Å². The lowest BCUT2D eigenvalue weighted by Crippen LogP contribution is -2.07. The maximum atomic E-state index is 5.59. The summed E-state index contributed by atoms with van der Waals surface area (Å²) in [4.78, 5) is 4.53. The Labute approximate surface area is 103 Å². The first-order chi connectivity index (χ1) is 8.10. The van der Waals surface area contributed by atoms with Crippen molar-refractivity contribution < 1.29 is 14.2 Å². The minimum Gasteiger partial charge on any atom is -0.495 e. The number of nitrogens with zero attached hydrogens (tertiary/aromatic N) is 1. The first-order valence-electron chi connectivity index (χ1n) is 5.77. The Kier molecular flexibility index (Phi) is 5.22. The average molecular weight is 239 g/mol. The van der Waals surface area contributed by atoms with Gasteiger partial charge >= 0.3 is 0 Å². The SMILES string of the molecule is COCCOc1cc(OC)c(C(C)C)nc1C. The molecule has 1 heterocycles. The summed E-state index contributed by atoms with van der Waals surface area (Å²) in [5, 5.41) is 0. The van der Waals surface area contributed by atoms with E-state index in [0.717, 1.165) is 22.9 Å². The fraction of sp³-hybridized carbons (Fsp3) is 0.615. The molecule has 0 saturated carbocycles. The summed E-state index contributed by atoms with van der Waals surface area (Å²) in [5.41, 5.74) is 1.84. The van der Waals surface area contributed by atoms with Crippen LogP contribution >= 0.6 is 0 Å². The highest BCUT2D eigenvalue weighted by Gasteiger charge is 2.13. The molecule has 0 atom stereocenters. The van der Waals surface area contributed by atoms with Crippen molar-refractivity contribution in [3.8, 4) is 11.5 Å². The molecule has 0 fully saturated rings. The summed E-state index contributed by atoms with van der Waals surface area (Å²) in [5.74, 6) is 1.86. The number of hydrogen-bond donors (Lipinski definition) is 0. The predicted octanol–water partition coefficient (Wildman–Crippen LogP) is 2.55. The minimum absolute atomic E-state index is 0.330. The van der Waals surface area contributed by atoms with Crippen molar-refractivity contribution in [3.63, 3.8) is 0 Å². The smallest absolute Gasteiger partial charge is 0.144 e. The van der Waals surface area contributed by atoms with Crippen molar-refractivity contribution >= 4 is 0 Å².